The first-order valence-electron chi connectivity index (χ1n) is 5.32. The van der Waals surface area contributed by atoms with Crippen LogP contribution in [0.4, 0.5) is 0 Å². The van der Waals surface area contributed by atoms with Crippen LogP contribution in [0.25, 0.3) is 6.08 Å². The molecule has 0 aliphatic heterocycles. The Morgan fingerprint density at radius 2 is 2.20 bits per heavy atom. The molecule has 1 aromatic rings. The molecule has 0 fully saturated rings. The number of amides is 1. The molecule has 0 radical (unpaired) electrons. The third kappa shape index (κ3) is 3.74. The highest BCUT2D eigenvalue weighted by molar-refractivity contribution is 9.10. The van der Waals surface area contributed by atoms with Gasteiger partial charge in [0.05, 0.1) is 11.6 Å². The van der Waals surface area contributed by atoms with Crippen molar-refractivity contribution in [3.63, 3.8) is 0 Å². The lowest BCUT2D eigenvalue weighted by Gasteiger charge is -2.11. The zero-order valence-electron chi connectivity index (χ0n) is 10.5. The van der Waals surface area contributed by atoms with Gasteiger partial charge in [0, 0.05) is 0 Å². The molecule has 20 heavy (non-hydrogen) atoms. The van der Waals surface area contributed by atoms with Gasteiger partial charge in [0.1, 0.15) is 17.7 Å². The summed E-state index contributed by atoms with van der Waals surface area (Å²) in [6.07, 6.45) is 1.34. The number of nitrogens with zero attached hydrogens (tertiary/aromatic N) is 2. The highest BCUT2D eigenvalue weighted by Gasteiger charge is 2.12. The zero-order valence-corrected chi connectivity index (χ0v) is 12.1. The number of halogens is 1. The van der Waals surface area contributed by atoms with E-state index in [0.717, 1.165) is 0 Å². The number of carbonyl (C=O) groups excluding carboxylic acids is 1. The fourth-order valence-corrected chi connectivity index (χ4v) is 1.97. The summed E-state index contributed by atoms with van der Waals surface area (Å²) in [5, 5.41) is 17.3. The average Bonchev–Trinajstić information content (AvgIpc) is 2.42. The van der Waals surface area contributed by atoms with Gasteiger partial charge < -0.3 is 15.2 Å². The van der Waals surface area contributed by atoms with Crippen LogP contribution in [0.15, 0.2) is 22.2 Å². The van der Waals surface area contributed by atoms with Crippen molar-refractivity contribution in [2.45, 2.75) is 0 Å². The first-order valence-corrected chi connectivity index (χ1v) is 6.11. The lowest BCUT2D eigenvalue weighted by Crippen LogP contribution is -2.12. The molecule has 0 aromatic heterocycles. The van der Waals surface area contributed by atoms with E-state index in [0.29, 0.717) is 21.5 Å². The molecule has 1 amide bonds. The topological polar surface area (TPSA) is 109 Å². The third-order valence-corrected chi connectivity index (χ3v) is 2.82. The summed E-state index contributed by atoms with van der Waals surface area (Å²) in [5.74, 6) is -0.0844. The number of benzene rings is 1. The van der Waals surface area contributed by atoms with Crippen molar-refractivity contribution >= 4 is 27.9 Å². The Kier molecular flexibility index (Phi) is 5.57. The number of rotatable bonds is 5. The SMILES string of the molecule is COc1cc(/C=C(\C#N)C(N)=O)cc(Br)c1OCC#N. The molecular weight excluding hydrogens is 326 g/mol. The van der Waals surface area contributed by atoms with E-state index < -0.39 is 5.91 Å². The first kappa shape index (κ1) is 15.5. The van der Waals surface area contributed by atoms with E-state index in [-0.39, 0.29) is 12.2 Å². The van der Waals surface area contributed by atoms with E-state index in [1.54, 1.807) is 18.2 Å². The van der Waals surface area contributed by atoms with E-state index in [2.05, 4.69) is 15.9 Å². The van der Waals surface area contributed by atoms with Crippen LogP contribution in [-0.2, 0) is 4.79 Å². The molecule has 0 saturated heterocycles. The molecule has 2 N–H and O–H groups in total. The van der Waals surface area contributed by atoms with Crippen LogP contribution < -0.4 is 15.2 Å². The fourth-order valence-electron chi connectivity index (χ4n) is 1.39. The van der Waals surface area contributed by atoms with E-state index >= 15 is 0 Å². The lowest BCUT2D eigenvalue weighted by atomic mass is 10.1. The van der Waals surface area contributed by atoms with Crippen molar-refractivity contribution < 1.29 is 14.3 Å². The summed E-state index contributed by atoms with van der Waals surface area (Å²) in [5.41, 5.74) is 5.43. The Labute approximate surface area is 124 Å². The van der Waals surface area contributed by atoms with Crippen molar-refractivity contribution in [2.75, 3.05) is 13.7 Å². The minimum atomic E-state index is -0.813. The fraction of sp³-hybridized carbons (Fsp3) is 0.154. The van der Waals surface area contributed by atoms with Gasteiger partial charge in [-0.1, -0.05) is 0 Å². The van der Waals surface area contributed by atoms with Crippen LogP contribution in [0.5, 0.6) is 11.5 Å². The second kappa shape index (κ2) is 7.17. The van der Waals surface area contributed by atoms with Crippen LogP contribution in [0.1, 0.15) is 5.56 Å². The molecule has 0 atom stereocenters. The molecule has 0 saturated carbocycles. The number of hydrogen-bond donors (Lipinski definition) is 1. The Morgan fingerprint density at radius 3 is 2.70 bits per heavy atom. The predicted octanol–water partition coefficient (Wildman–Crippen LogP) is 1.75. The molecule has 0 aliphatic rings. The van der Waals surface area contributed by atoms with Gasteiger partial charge >= 0.3 is 0 Å². The maximum atomic E-state index is 11.0. The Bertz CT molecular complexity index is 641. The number of hydrogen-bond acceptors (Lipinski definition) is 5. The molecular formula is C13H10BrN3O3. The Balaban J connectivity index is 3.27. The number of nitriles is 2. The van der Waals surface area contributed by atoms with Crippen molar-refractivity contribution in [3.8, 4) is 23.6 Å². The van der Waals surface area contributed by atoms with Crippen molar-refractivity contribution in [1.82, 2.24) is 0 Å². The van der Waals surface area contributed by atoms with Crippen molar-refractivity contribution in [2.24, 2.45) is 5.73 Å². The Hall–Kier alpha value is -2.51. The molecule has 0 spiro atoms. The quantitative estimate of drug-likeness (QED) is 0.651. The molecule has 1 aromatic carbocycles. The smallest absolute Gasteiger partial charge is 0.259 e. The van der Waals surface area contributed by atoms with Gasteiger partial charge in [-0.25, -0.2) is 0 Å². The average molecular weight is 336 g/mol. The highest BCUT2D eigenvalue weighted by Crippen LogP contribution is 2.37. The summed E-state index contributed by atoms with van der Waals surface area (Å²) in [6.45, 7) is -0.130. The standard InChI is InChI=1S/C13H10BrN3O3/c1-19-11-6-8(4-9(7-16)13(17)18)5-10(14)12(11)20-3-2-15/h4-6H,3H2,1H3,(H2,17,18)/b9-4+. The largest absolute Gasteiger partial charge is 0.493 e. The summed E-state index contributed by atoms with van der Waals surface area (Å²) in [4.78, 5) is 11.0. The van der Waals surface area contributed by atoms with Gasteiger partial charge in [-0.05, 0) is 39.7 Å². The summed E-state index contributed by atoms with van der Waals surface area (Å²) < 4.78 is 10.9. The van der Waals surface area contributed by atoms with E-state index in [4.69, 9.17) is 25.7 Å². The van der Waals surface area contributed by atoms with E-state index in [9.17, 15) is 4.79 Å². The van der Waals surface area contributed by atoms with Gasteiger partial charge in [-0.3, -0.25) is 4.79 Å². The molecule has 0 heterocycles. The zero-order chi connectivity index (χ0) is 15.1. The molecule has 102 valence electrons. The van der Waals surface area contributed by atoms with E-state index in [1.807, 2.05) is 6.07 Å². The van der Waals surface area contributed by atoms with Crippen LogP contribution in [-0.4, -0.2) is 19.6 Å². The molecule has 7 heteroatoms. The van der Waals surface area contributed by atoms with E-state index in [1.165, 1.54) is 13.2 Å². The van der Waals surface area contributed by atoms with Crippen LogP contribution >= 0.6 is 15.9 Å². The molecule has 0 bridgehead atoms. The maximum Gasteiger partial charge on any atom is 0.259 e. The lowest BCUT2D eigenvalue weighted by molar-refractivity contribution is -0.114. The van der Waals surface area contributed by atoms with Crippen LogP contribution in [0.3, 0.4) is 0 Å². The second-order valence-corrected chi connectivity index (χ2v) is 4.37. The van der Waals surface area contributed by atoms with Crippen LogP contribution in [0.2, 0.25) is 0 Å². The summed E-state index contributed by atoms with van der Waals surface area (Å²) in [7, 11) is 1.44. The molecule has 0 unspecified atom stereocenters. The summed E-state index contributed by atoms with van der Waals surface area (Å²) in [6, 6.07) is 6.75. The minimum absolute atomic E-state index is 0.130. The van der Waals surface area contributed by atoms with Crippen molar-refractivity contribution in [1.29, 1.82) is 10.5 Å². The predicted molar refractivity (Wildman–Crippen MR) is 74.6 cm³/mol. The first-order chi connectivity index (χ1) is 9.53. The third-order valence-electron chi connectivity index (χ3n) is 2.23. The number of carbonyl (C=O) groups is 1. The van der Waals surface area contributed by atoms with Gasteiger partial charge in [-0.15, -0.1) is 0 Å². The van der Waals surface area contributed by atoms with Gasteiger partial charge in [0.2, 0.25) is 0 Å². The normalized spacial score (nSPS) is 10.3. The van der Waals surface area contributed by atoms with Gasteiger partial charge in [-0.2, -0.15) is 10.5 Å². The van der Waals surface area contributed by atoms with Gasteiger partial charge in [0.25, 0.3) is 5.91 Å². The molecule has 1 rings (SSSR count). The minimum Gasteiger partial charge on any atom is -0.493 e. The highest BCUT2D eigenvalue weighted by atomic mass is 79.9. The number of ether oxygens (including phenoxy) is 2. The summed E-state index contributed by atoms with van der Waals surface area (Å²) >= 11 is 3.28. The van der Waals surface area contributed by atoms with Crippen LogP contribution in [0, 0.1) is 22.7 Å². The molecule has 6 nitrogen and oxygen atoms in total. The molecule has 0 aliphatic carbocycles. The number of nitrogens with two attached hydrogens (primary N) is 1. The Morgan fingerprint density at radius 1 is 1.50 bits per heavy atom. The van der Waals surface area contributed by atoms with Gasteiger partial charge in [0.15, 0.2) is 18.1 Å². The van der Waals surface area contributed by atoms with Crippen molar-refractivity contribution in [3.05, 3.63) is 27.7 Å². The number of primary amides is 1. The monoisotopic (exact) mass is 335 g/mol. The number of methoxy groups -OCH3 is 1. The maximum absolute atomic E-state index is 11.0. The second-order valence-electron chi connectivity index (χ2n) is 3.51.